The van der Waals surface area contributed by atoms with Crippen LogP contribution in [0.2, 0.25) is 0 Å². The first-order chi connectivity index (χ1) is 5.97. The summed E-state index contributed by atoms with van der Waals surface area (Å²) in [6, 6.07) is 0.369. The van der Waals surface area contributed by atoms with Crippen LogP contribution >= 0.6 is 0 Å². The fourth-order valence-corrected chi connectivity index (χ4v) is 1.31. The Morgan fingerprint density at radius 3 is 2.31 bits per heavy atom. The van der Waals surface area contributed by atoms with Gasteiger partial charge in [0.25, 0.3) is 0 Å². The minimum absolute atomic E-state index is 0.0562. The molecule has 13 heavy (non-hydrogen) atoms. The average molecular weight is 187 g/mol. The molecule has 3 nitrogen and oxygen atoms in total. The van der Waals surface area contributed by atoms with Gasteiger partial charge in [0.2, 0.25) is 0 Å². The monoisotopic (exact) mass is 187 g/mol. The van der Waals surface area contributed by atoms with Gasteiger partial charge in [0.15, 0.2) is 0 Å². The summed E-state index contributed by atoms with van der Waals surface area (Å²) in [5.41, 5.74) is 5.57. The maximum absolute atomic E-state index is 5.63. The van der Waals surface area contributed by atoms with E-state index < -0.39 is 0 Å². The Balaban J connectivity index is 1.90. The summed E-state index contributed by atoms with van der Waals surface area (Å²) in [5.74, 6) is 0. The zero-order valence-corrected chi connectivity index (χ0v) is 8.88. The van der Waals surface area contributed by atoms with E-state index in [9.17, 15) is 0 Å². The normalized spacial score (nSPS) is 28.6. The zero-order valence-electron chi connectivity index (χ0n) is 8.88. The molecule has 0 aromatic heterocycles. The molecule has 0 aromatic carbocycles. The minimum Gasteiger partial charge on any atom is -0.376 e. The van der Waals surface area contributed by atoms with Crippen LogP contribution in [-0.4, -0.2) is 31.0 Å². The van der Waals surface area contributed by atoms with E-state index in [0.717, 1.165) is 12.8 Å². The van der Waals surface area contributed by atoms with Gasteiger partial charge >= 0.3 is 0 Å². The van der Waals surface area contributed by atoms with Crippen LogP contribution in [0.1, 0.15) is 33.6 Å². The highest BCUT2D eigenvalue weighted by Gasteiger charge is 2.26. The molecule has 0 spiro atoms. The van der Waals surface area contributed by atoms with E-state index in [1.54, 1.807) is 0 Å². The molecule has 0 unspecified atom stereocenters. The number of hydrogen-bond acceptors (Lipinski definition) is 3. The van der Waals surface area contributed by atoms with Crippen LogP contribution in [0.3, 0.4) is 0 Å². The van der Waals surface area contributed by atoms with Crippen LogP contribution in [0.25, 0.3) is 0 Å². The SMILES string of the molecule is CC(C)(C)OCCOC1CC(N)C1. The van der Waals surface area contributed by atoms with Gasteiger partial charge in [-0.1, -0.05) is 0 Å². The molecule has 0 aliphatic heterocycles. The summed E-state index contributed by atoms with van der Waals surface area (Å²) in [4.78, 5) is 0. The lowest BCUT2D eigenvalue weighted by Crippen LogP contribution is -2.42. The van der Waals surface area contributed by atoms with Gasteiger partial charge in [-0.05, 0) is 33.6 Å². The molecule has 0 radical (unpaired) electrons. The Kier molecular flexibility index (Phi) is 3.71. The van der Waals surface area contributed by atoms with Gasteiger partial charge < -0.3 is 15.2 Å². The van der Waals surface area contributed by atoms with Crippen molar-refractivity contribution >= 4 is 0 Å². The van der Waals surface area contributed by atoms with E-state index in [-0.39, 0.29) is 5.60 Å². The zero-order chi connectivity index (χ0) is 9.90. The molecule has 1 fully saturated rings. The Labute approximate surface area is 80.6 Å². The number of rotatable bonds is 4. The second kappa shape index (κ2) is 4.40. The first-order valence-electron chi connectivity index (χ1n) is 4.98. The molecule has 2 N–H and O–H groups in total. The summed E-state index contributed by atoms with van der Waals surface area (Å²) in [5, 5.41) is 0. The van der Waals surface area contributed by atoms with E-state index in [0.29, 0.717) is 25.4 Å². The fraction of sp³-hybridized carbons (Fsp3) is 1.00. The van der Waals surface area contributed by atoms with Crippen molar-refractivity contribution in [2.45, 2.75) is 51.4 Å². The molecule has 1 saturated carbocycles. The third-order valence-electron chi connectivity index (χ3n) is 2.10. The van der Waals surface area contributed by atoms with Gasteiger partial charge in [-0.15, -0.1) is 0 Å². The van der Waals surface area contributed by atoms with Crippen molar-refractivity contribution in [3.63, 3.8) is 0 Å². The fourth-order valence-electron chi connectivity index (χ4n) is 1.31. The lowest BCUT2D eigenvalue weighted by molar-refractivity contribution is -0.0708. The van der Waals surface area contributed by atoms with Crippen LogP contribution in [0.4, 0.5) is 0 Å². The molecule has 0 atom stereocenters. The topological polar surface area (TPSA) is 44.5 Å². The summed E-state index contributed by atoms with van der Waals surface area (Å²) in [7, 11) is 0. The number of nitrogens with two attached hydrogens (primary N) is 1. The summed E-state index contributed by atoms with van der Waals surface area (Å²) < 4.78 is 11.1. The predicted molar refractivity (Wildman–Crippen MR) is 52.7 cm³/mol. The van der Waals surface area contributed by atoms with E-state index in [4.69, 9.17) is 15.2 Å². The van der Waals surface area contributed by atoms with Crippen LogP contribution in [-0.2, 0) is 9.47 Å². The van der Waals surface area contributed by atoms with Gasteiger partial charge in [-0.2, -0.15) is 0 Å². The van der Waals surface area contributed by atoms with Gasteiger partial charge in [0.05, 0.1) is 24.9 Å². The molecule has 0 saturated heterocycles. The second-order valence-electron chi connectivity index (χ2n) is 4.69. The first-order valence-corrected chi connectivity index (χ1v) is 4.98. The Hall–Kier alpha value is -0.120. The molecular weight excluding hydrogens is 166 g/mol. The van der Waals surface area contributed by atoms with Crippen molar-refractivity contribution in [1.29, 1.82) is 0 Å². The molecule has 3 heteroatoms. The maximum Gasteiger partial charge on any atom is 0.0707 e. The summed E-state index contributed by atoms with van der Waals surface area (Å²) >= 11 is 0. The summed E-state index contributed by atoms with van der Waals surface area (Å²) in [6.07, 6.45) is 2.41. The molecule has 78 valence electrons. The second-order valence-corrected chi connectivity index (χ2v) is 4.69. The Morgan fingerprint density at radius 1 is 1.23 bits per heavy atom. The highest BCUT2D eigenvalue weighted by atomic mass is 16.5. The molecule has 0 heterocycles. The van der Waals surface area contributed by atoms with Crippen molar-refractivity contribution in [2.75, 3.05) is 13.2 Å². The summed E-state index contributed by atoms with van der Waals surface area (Å²) in [6.45, 7) is 7.51. The van der Waals surface area contributed by atoms with Gasteiger partial charge in [0.1, 0.15) is 0 Å². The minimum atomic E-state index is -0.0562. The third-order valence-corrected chi connectivity index (χ3v) is 2.10. The van der Waals surface area contributed by atoms with E-state index in [2.05, 4.69) is 0 Å². The largest absolute Gasteiger partial charge is 0.376 e. The van der Waals surface area contributed by atoms with Crippen molar-refractivity contribution in [3.8, 4) is 0 Å². The Bertz CT molecular complexity index is 147. The van der Waals surface area contributed by atoms with E-state index in [1.807, 2.05) is 20.8 Å². The average Bonchev–Trinajstić information content (AvgIpc) is 1.91. The van der Waals surface area contributed by atoms with Gasteiger partial charge in [-0.3, -0.25) is 0 Å². The molecule has 0 bridgehead atoms. The number of ether oxygens (including phenoxy) is 2. The molecule has 1 aliphatic carbocycles. The van der Waals surface area contributed by atoms with E-state index >= 15 is 0 Å². The third kappa shape index (κ3) is 4.60. The van der Waals surface area contributed by atoms with E-state index in [1.165, 1.54) is 0 Å². The highest BCUT2D eigenvalue weighted by Crippen LogP contribution is 2.20. The van der Waals surface area contributed by atoms with Crippen LogP contribution in [0, 0.1) is 0 Å². The predicted octanol–water partition coefficient (Wildman–Crippen LogP) is 1.31. The lowest BCUT2D eigenvalue weighted by Gasteiger charge is -2.32. The van der Waals surface area contributed by atoms with Gasteiger partial charge in [0, 0.05) is 6.04 Å². The lowest BCUT2D eigenvalue weighted by atomic mass is 9.90. The quantitative estimate of drug-likeness (QED) is 0.675. The van der Waals surface area contributed by atoms with Gasteiger partial charge in [-0.25, -0.2) is 0 Å². The smallest absolute Gasteiger partial charge is 0.0707 e. The van der Waals surface area contributed by atoms with Crippen molar-refractivity contribution in [3.05, 3.63) is 0 Å². The van der Waals surface area contributed by atoms with Crippen LogP contribution in [0.15, 0.2) is 0 Å². The van der Waals surface area contributed by atoms with Crippen LogP contribution < -0.4 is 5.73 Å². The van der Waals surface area contributed by atoms with Crippen molar-refractivity contribution in [2.24, 2.45) is 5.73 Å². The molecular formula is C10H21NO2. The van der Waals surface area contributed by atoms with Crippen molar-refractivity contribution < 1.29 is 9.47 Å². The first kappa shape index (κ1) is 11.0. The Morgan fingerprint density at radius 2 is 1.85 bits per heavy atom. The molecule has 0 aromatic rings. The molecule has 1 rings (SSSR count). The molecule has 0 amide bonds. The molecule has 1 aliphatic rings. The van der Waals surface area contributed by atoms with Crippen LogP contribution in [0.5, 0.6) is 0 Å². The highest BCUT2D eigenvalue weighted by molar-refractivity contribution is 4.82. The number of hydrogen-bond donors (Lipinski definition) is 1. The maximum atomic E-state index is 5.63. The van der Waals surface area contributed by atoms with Crippen molar-refractivity contribution in [1.82, 2.24) is 0 Å². The standard InChI is InChI=1S/C10H21NO2/c1-10(2,3)13-5-4-12-9-6-8(11)7-9/h8-9H,4-7,11H2,1-3H3.